The lowest BCUT2D eigenvalue weighted by atomic mass is 9.89. The molecule has 0 bridgehead atoms. The monoisotopic (exact) mass is 232 g/mol. The smallest absolute Gasteiger partial charge is 0.0717 e. The van der Waals surface area contributed by atoms with Crippen LogP contribution in [0.15, 0.2) is 30.8 Å². The highest BCUT2D eigenvalue weighted by molar-refractivity contribution is 5.47. The van der Waals surface area contributed by atoms with Crippen molar-refractivity contribution in [1.29, 1.82) is 0 Å². The second-order valence-electron chi connectivity index (χ2n) is 5.35. The average Bonchev–Trinajstić information content (AvgIpc) is 2.29. The van der Waals surface area contributed by atoms with Crippen molar-refractivity contribution in [2.45, 2.75) is 40.2 Å². The van der Waals surface area contributed by atoms with Crippen molar-refractivity contribution in [3.8, 4) is 0 Å². The van der Waals surface area contributed by atoms with Gasteiger partial charge in [0.05, 0.1) is 13.2 Å². The Morgan fingerprint density at radius 3 is 2.41 bits per heavy atom. The van der Waals surface area contributed by atoms with Crippen LogP contribution < -0.4 is 0 Å². The van der Waals surface area contributed by atoms with Gasteiger partial charge in [0, 0.05) is 0 Å². The predicted molar refractivity (Wildman–Crippen MR) is 74.9 cm³/mol. The van der Waals surface area contributed by atoms with Gasteiger partial charge in [-0.2, -0.15) is 0 Å². The third-order valence-electron chi connectivity index (χ3n) is 2.90. The molecule has 1 aromatic carbocycles. The zero-order chi connectivity index (χ0) is 12.7. The summed E-state index contributed by atoms with van der Waals surface area (Å²) >= 11 is 0. The van der Waals surface area contributed by atoms with Crippen LogP contribution in [0.3, 0.4) is 0 Å². The third-order valence-corrected chi connectivity index (χ3v) is 2.90. The molecule has 0 unspecified atom stereocenters. The van der Waals surface area contributed by atoms with E-state index in [0.29, 0.717) is 6.61 Å². The van der Waals surface area contributed by atoms with Crippen molar-refractivity contribution in [3.05, 3.63) is 42.0 Å². The summed E-state index contributed by atoms with van der Waals surface area (Å²) in [7, 11) is 0. The van der Waals surface area contributed by atoms with Crippen molar-refractivity contribution >= 4 is 6.08 Å². The van der Waals surface area contributed by atoms with Crippen LogP contribution in [0.2, 0.25) is 0 Å². The molecule has 1 heteroatoms. The highest BCUT2D eigenvalue weighted by Gasteiger charge is 2.16. The lowest BCUT2D eigenvalue weighted by Crippen LogP contribution is -2.18. The molecule has 0 aromatic heterocycles. The van der Waals surface area contributed by atoms with Gasteiger partial charge in [-0.25, -0.2) is 0 Å². The van der Waals surface area contributed by atoms with E-state index >= 15 is 0 Å². The Morgan fingerprint density at radius 2 is 1.88 bits per heavy atom. The van der Waals surface area contributed by atoms with Gasteiger partial charge >= 0.3 is 0 Å². The molecule has 0 atom stereocenters. The Morgan fingerprint density at radius 1 is 1.24 bits per heavy atom. The molecule has 0 spiro atoms. The minimum Gasteiger partial charge on any atom is -0.376 e. The van der Waals surface area contributed by atoms with Crippen molar-refractivity contribution in [1.82, 2.24) is 0 Å². The van der Waals surface area contributed by atoms with E-state index in [1.165, 1.54) is 18.4 Å². The number of benzene rings is 1. The van der Waals surface area contributed by atoms with Gasteiger partial charge in [0.15, 0.2) is 0 Å². The van der Waals surface area contributed by atoms with Crippen molar-refractivity contribution in [3.63, 3.8) is 0 Å². The van der Waals surface area contributed by atoms with E-state index in [0.717, 1.165) is 12.2 Å². The maximum atomic E-state index is 5.78. The fourth-order valence-electron chi connectivity index (χ4n) is 1.94. The second-order valence-corrected chi connectivity index (χ2v) is 5.35. The largest absolute Gasteiger partial charge is 0.376 e. The zero-order valence-corrected chi connectivity index (χ0v) is 11.3. The molecule has 1 rings (SSSR count). The molecule has 1 nitrogen and oxygen atoms in total. The summed E-state index contributed by atoms with van der Waals surface area (Å²) in [6, 6.07) is 8.35. The summed E-state index contributed by atoms with van der Waals surface area (Å²) in [4.78, 5) is 0. The van der Waals surface area contributed by atoms with E-state index in [2.05, 4.69) is 51.6 Å². The summed E-state index contributed by atoms with van der Waals surface area (Å²) < 4.78 is 5.78. The minimum absolute atomic E-state index is 0.288. The molecule has 0 aliphatic rings. The van der Waals surface area contributed by atoms with Crippen LogP contribution in [0, 0.1) is 5.41 Å². The van der Waals surface area contributed by atoms with Gasteiger partial charge in [0.1, 0.15) is 0 Å². The molecular weight excluding hydrogens is 208 g/mol. The number of hydrogen-bond donors (Lipinski definition) is 0. The topological polar surface area (TPSA) is 9.23 Å². The lowest BCUT2D eigenvalue weighted by Gasteiger charge is -2.23. The fraction of sp³-hybridized carbons (Fsp3) is 0.500. The van der Waals surface area contributed by atoms with Crippen LogP contribution >= 0.6 is 0 Å². The molecular formula is C16H24O. The third kappa shape index (κ3) is 5.18. The maximum absolute atomic E-state index is 5.78. The Hall–Kier alpha value is -1.08. The summed E-state index contributed by atoms with van der Waals surface area (Å²) in [5.74, 6) is 0. The summed E-state index contributed by atoms with van der Waals surface area (Å²) in [6.07, 6.45) is 4.28. The minimum atomic E-state index is 0.288. The van der Waals surface area contributed by atoms with E-state index in [1.807, 2.05) is 6.08 Å². The van der Waals surface area contributed by atoms with Gasteiger partial charge in [0.2, 0.25) is 0 Å². The Labute approximate surface area is 106 Å². The van der Waals surface area contributed by atoms with Crippen LogP contribution in [0.4, 0.5) is 0 Å². The molecule has 94 valence electrons. The van der Waals surface area contributed by atoms with Crippen LogP contribution in [0.1, 0.15) is 44.7 Å². The first-order chi connectivity index (χ1) is 8.07. The molecule has 0 N–H and O–H groups in total. The van der Waals surface area contributed by atoms with Gasteiger partial charge in [0.25, 0.3) is 0 Å². The Kier molecular flexibility index (Phi) is 5.43. The Balaban J connectivity index is 2.37. The normalized spacial score (nSPS) is 11.5. The molecule has 1 aromatic rings. The van der Waals surface area contributed by atoms with E-state index in [-0.39, 0.29) is 5.41 Å². The summed E-state index contributed by atoms with van der Waals surface area (Å²) in [5.41, 5.74) is 2.67. The van der Waals surface area contributed by atoms with Gasteiger partial charge < -0.3 is 4.74 Å². The van der Waals surface area contributed by atoms with Crippen molar-refractivity contribution in [2.24, 2.45) is 5.41 Å². The average molecular weight is 232 g/mol. The summed E-state index contributed by atoms with van der Waals surface area (Å²) in [5, 5.41) is 0. The second kappa shape index (κ2) is 6.61. The van der Waals surface area contributed by atoms with Gasteiger partial charge in [-0.3, -0.25) is 0 Å². The zero-order valence-electron chi connectivity index (χ0n) is 11.3. The van der Waals surface area contributed by atoms with Crippen LogP contribution in [0.25, 0.3) is 6.08 Å². The van der Waals surface area contributed by atoms with E-state index in [1.54, 1.807) is 0 Å². The first kappa shape index (κ1) is 14.0. The molecule has 17 heavy (non-hydrogen) atoms. The van der Waals surface area contributed by atoms with E-state index < -0.39 is 0 Å². The first-order valence-corrected chi connectivity index (χ1v) is 6.36. The van der Waals surface area contributed by atoms with Gasteiger partial charge in [-0.05, 0) is 23.0 Å². The number of ether oxygens (including phenoxy) is 1. The van der Waals surface area contributed by atoms with Crippen LogP contribution in [-0.2, 0) is 11.3 Å². The highest BCUT2D eigenvalue weighted by atomic mass is 16.5. The first-order valence-electron chi connectivity index (χ1n) is 6.36. The van der Waals surface area contributed by atoms with E-state index in [9.17, 15) is 0 Å². The molecule has 0 aliphatic heterocycles. The molecule has 0 amide bonds. The quantitative estimate of drug-likeness (QED) is 0.663. The van der Waals surface area contributed by atoms with Gasteiger partial charge in [-0.15, -0.1) is 0 Å². The fourth-order valence-corrected chi connectivity index (χ4v) is 1.94. The molecule has 0 radical (unpaired) electrons. The van der Waals surface area contributed by atoms with Crippen LogP contribution in [-0.4, -0.2) is 6.61 Å². The molecule has 0 heterocycles. The number of hydrogen-bond acceptors (Lipinski definition) is 1. The Bertz CT molecular complexity index is 335. The highest BCUT2D eigenvalue weighted by Crippen LogP contribution is 2.22. The standard InChI is InChI=1S/C16H24O/c1-5-11-16(3,4)13-17-12-15-9-7-14(6-2)8-10-15/h6-10H,2,5,11-13H2,1,3-4H3. The van der Waals surface area contributed by atoms with Crippen molar-refractivity contribution in [2.75, 3.05) is 6.61 Å². The molecule has 0 saturated carbocycles. The molecule has 0 fully saturated rings. The predicted octanol–water partition coefficient (Wildman–Crippen LogP) is 4.67. The number of rotatable bonds is 7. The van der Waals surface area contributed by atoms with Gasteiger partial charge in [-0.1, -0.05) is 64.1 Å². The van der Waals surface area contributed by atoms with Crippen molar-refractivity contribution < 1.29 is 4.74 Å². The molecule has 0 aliphatic carbocycles. The summed E-state index contributed by atoms with van der Waals surface area (Å²) in [6.45, 7) is 12.0. The SMILES string of the molecule is C=Cc1ccc(COCC(C)(C)CCC)cc1. The molecule has 0 saturated heterocycles. The maximum Gasteiger partial charge on any atom is 0.0717 e. The van der Waals surface area contributed by atoms with E-state index in [4.69, 9.17) is 4.74 Å². The van der Waals surface area contributed by atoms with Crippen LogP contribution in [0.5, 0.6) is 0 Å². The lowest BCUT2D eigenvalue weighted by molar-refractivity contribution is 0.0468.